The van der Waals surface area contributed by atoms with Gasteiger partial charge in [-0.1, -0.05) is 35.9 Å². The second-order valence-corrected chi connectivity index (χ2v) is 4.31. The molecule has 5 nitrogen and oxygen atoms in total. The third-order valence-corrected chi connectivity index (χ3v) is 2.80. The fourth-order valence-electron chi connectivity index (χ4n) is 1.69. The van der Waals surface area contributed by atoms with Gasteiger partial charge in [-0.25, -0.2) is 9.97 Å². The zero-order valence-electron chi connectivity index (χ0n) is 10.1. The van der Waals surface area contributed by atoms with Crippen LogP contribution in [0.15, 0.2) is 36.7 Å². The van der Waals surface area contributed by atoms with Crippen molar-refractivity contribution in [2.24, 2.45) is 5.73 Å². The van der Waals surface area contributed by atoms with Crippen molar-refractivity contribution in [2.45, 2.75) is 13.0 Å². The zero-order valence-corrected chi connectivity index (χ0v) is 10.9. The number of nitrogens with zero attached hydrogens (tertiary/aromatic N) is 2. The maximum atomic E-state index is 11.9. The molecule has 19 heavy (non-hydrogen) atoms. The Bertz CT molecular complexity index is 588. The highest BCUT2D eigenvalue weighted by Crippen LogP contribution is 2.11. The number of amides is 1. The molecule has 0 saturated carbocycles. The molecule has 6 heteroatoms. The van der Waals surface area contributed by atoms with E-state index >= 15 is 0 Å². The Kier molecular flexibility index (Phi) is 4.43. The summed E-state index contributed by atoms with van der Waals surface area (Å²) in [6.07, 6.45) is 1.54. The van der Waals surface area contributed by atoms with Gasteiger partial charge in [0.1, 0.15) is 17.3 Å². The summed E-state index contributed by atoms with van der Waals surface area (Å²) < 4.78 is 0. The number of anilines is 1. The van der Waals surface area contributed by atoms with Crippen LogP contribution < -0.4 is 11.1 Å². The van der Waals surface area contributed by atoms with Crippen molar-refractivity contribution in [3.8, 4) is 0 Å². The Hall–Kier alpha value is -1.98. The lowest BCUT2D eigenvalue weighted by Crippen LogP contribution is -2.17. The van der Waals surface area contributed by atoms with E-state index in [1.807, 2.05) is 24.3 Å². The minimum atomic E-state index is -0.171. The van der Waals surface area contributed by atoms with E-state index in [1.165, 1.54) is 12.4 Å². The molecule has 1 aromatic carbocycles. The minimum Gasteiger partial charge on any atom is -0.326 e. The molecule has 1 amide bonds. The summed E-state index contributed by atoms with van der Waals surface area (Å²) in [4.78, 5) is 19.6. The van der Waals surface area contributed by atoms with Gasteiger partial charge in [-0.05, 0) is 11.1 Å². The van der Waals surface area contributed by atoms with Gasteiger partial charge in [0, 0.05) is 12.6 Å². The number of rotatable bonds is 4. The second-order valence-electron chi connectivity index (χ2n) is 3.92. The van der Waals surface area contributed by atoms with Crippen LogP contribution in [0.25, 0.3) is 0 Å². The molecule has 3 N–H and O–H groups in total. The van der Waals surface area contributed by atoms with Crippen LogP contribution in [0.1, 0.15) is 11.1 Å². The summed E-state index contributed by atoms with van der Waals surface area (Å²) in [7, 11) is 0. The van der Waals surface area contributed by atoms with Gasteiger partial charge in [0.25, 0.3) is 0 Å². The van der Waals surface area contributed by atoms with Crippen molar-refractivity contribution in [3.63, 3.8) is 0 Å². The summed E-state index contributed by atoms with van der Waals surface area (Å²) in [5.41, 5.74) is 7.49. The lowest BCUT2D eigenvalue weighted by molar-refractivity contribution is -0.115. The molecule has 0 aliphatic carbocycles. The molecule has 1 heterocycles. The first-order valence-electron chi connectivity index (χ1n) is 5.73. The molecule has 98 valence electrons. The van der Waals surface area contributed by atoms with Crippen molar-refractivity contribution in [3.05, 3.63) is 52.9 Å². The number of halogens is 1. The molecule has 0 spiro atoms. The maximum absolute atomic E-state index is 11.9. The third kappa shape index (κ3) is 3.74. The molecule has 0 fully saturated rings. The Balaban J connectivity index is 2.05. The number of aromatic nitrogens is 2. The Morgan fingerprint density at radius 3 is 2.68 bits per heavy atom. The number of nitrogens with one attached hydrogen (secondary N) is 1. The van der Waals surface area contributed by atoms with E-state index in [0.717, 1.165) is 11.1 Å². The van der Waals surface area contributed by atoms with Crippen molar-refractivity contribution in [1.29, 1.82) is 0 Å². The lowest BCUT2D eigenvalue weighted by Gasteiger charge is -2.08. The van der Waals surface area contributed by atoms with Gasteiger partial charge in [0.2, 0.25) is 5.91 Å². The van der Waals surface area contributed by atoms with Crippen molar-refractivity contribution in [2.75, 3.05) is 5.32 Å². The molecule has 1 aromatic heterocycles. The summed E-state index contributed by atoms with van der Waals surface area (Å²) in [6.45, 7) is 0.406. The molecule has 0 unspecified atom stereocenters. The second kappa shape index (κ2) is 6.26. The first-order valence-corrected chi connectivity index (χ1v) is 6.11. The lowest BCUT2D eigenvalue weighted by atomic mass is 10.0. The molecule has 0 bridgehead atoms. The fraction of sp³-hybridized carbons (Fsp3) is 0.154. The van der Waals surface area contributed by atoms with Gasteiger partial charge < -0.3 is 11.1 Å². The first kappa shape index (κ1) is 13.5. The Morgan fingerprint density at radius 1 is 1.26 bits per heavy atom. The van der Waals surface area contributed by atoms with Crippen LogP contribution in [0.3, 0.4) is 0 Å². The number of hydrogen-bond acceptors (Lipinski definition) is 4. The van der Waals surface area contributed by atoms with Crippen LogP contribution >= 0.6 is 11.6 Å². The van der Waals surface area contributed by atoms with Crippen LogP contribution in [0.2, 0.25) is 5.15 Å². The maximum Gasteiger partial charge on any atom is 0.229 e. The number of carbonyl (C=O) groups excluding carboxylic acids is 1. The van der Waals surface area contributed by atoms with Gasteiger partial charge in [-0.2, -0.15) is 0 Å². The molecule has 0 aliphatic heterocycles. The summed E-state index contributed by atoms with van der Waals surface area (Å²) >= 11 is 5.72. The first-order chi connectivity index (χ1) is 9.19. The van der Waals surface area contributed by atoms with E-state index in [2.05, 4.69) is 15.3 Å². The SMILES string of the molecule is NCc1ccccc1CC(=O)Nc1cc(Cl)ncn1. The summed E-state index contributed by atoms with van der Waals surface area (Å²) in [6, 6.07) is 9.06. The number of benzene rings is 1. The van der Waals surface area contributed by atoms with Crippen molar-refractivity contribution < 1.29 is 4.79 Å². The highest BCUT2D eigenvalue weighted by atomic mass is 35.5. The molecule has 2 aromatic rings. The van der Waals surface area contributed by atoms with Gasteiger partial charge in [-0.3, -0.25) is 4.79 Å². The van der Waals surface area contributed by atoms with Gasteiger partial charge >= 0.3 is 0 Å². The van der Waals surface area contributed by atoms with E-state index in [0.29, 0.717) is 12.4 Å². The largest absolute Gasteiger partial charge is 0.326 e. The van der Waals surface area contributed by atoms with Crippen LogP contribution in [-0.4, -0.2) is 15.9 Å². The average Bonchev–Trinajstić information content (AvgIpc) is 2.39. The highest BCUT2D eigenvalue weighted by Gasteiger charge is 2.08. The standard InChI is InChI=1S/C13H13ClN4O/c14-11-6-12(17-8-16-11)18-13(19)5-9-3-1-2-4-10(9)7-15/h1-4,6,8H,5,7,15H2,(H,16,17,18,19). The van der Waals surface area contributed by atoms with Crippen molar-refractivity contribution in [1.82, 2.24) is 9.97 Å². The number of carbonyl (C=O) groups is 1. The Labute approximate surface area is 115 Å². The van der Waals surface area contributed by atoms with Crippen LogP contribution in [0.4, 0.5) is 5.82 Å². The number of hydrogen-bond donors (Lipinski definition) is 2. The van der Waals surface area contributed by atoms with Crippen LogP contribution in [0, 0.1) is 0 Å². The van der Waals surface area contributed by atoms with Gasteiger partial charge in [0.05, 0.1) is 6.42 Å². The number of nitrogens with two attached hydrogens (primary N) is 1. The summed E-state index contributed by atoms with van der Waals surface area (Å²) in [5, 5.41) is 2.95. The minimum absolute atomic E-state index is 0.171. The fourth-order valence-corrected chi connectivity index (χ4v) is 1.84. The topological polar surface area (TPSA) is 80.9 Å². The molecule has 0 radical (unpaired) electrons. The predicted octanol–water partition coefficient (Wildman–Crippen LogP) is 1.77. The van der Waals surface area contributed by atoms with Crippen molar-refractivity contribution >= 4 is 23.3 Å². The monoisotopic (exact) mass is 276 g/mol. The molecular weight excluding hydrogens is 264 g/mol. The zero-order chi connectivity index (χ0) is 13.7. The summed E-state index contributed by atoms with van der Waals surface area (Å²) in [5.74, 6) is 0.214. The molecule has 0 atom stereocenters. The third-order valence-electron chi connectivity index (χ3n) is 2.59. The van der Waals surface area contributed by atoms with Gasteiger partial charge in [0.15, 0.2) is 0 Å². The van der Waals surface area contributed by atoms with Gasteiger partial charge in [-0.15, -0.1) is 0 Å². The molecule has 0 aliphatic rings. The normalized spacial score (nSPS) is 10.2. The van der Waals surface area contributed by atoms with Crippen LogP contribution in [-0.2, 0) is 17.8 Å². The molecular formula is C13H13ClN4O. The van der Waals surface area contributed by atoms with E-state index in [4.69, 9.17) is 17.3 Å². The molecule has 0 saturated heterocycles. The quantitative estimate of drug-likeness (QED) is 0.834. The Morgan fingerprint density at radius 2 is 2.00 bits per heavy atom. The smallest absolute Gasteiger partial charge is 0.229 e. The molecule has 2 rings (SSSR count). The van der Waals surface area contributed by atoms with Crippen LogP contribution in [0.5, 0.6) is 0 Å². The average molecular weight is 277 g/mol. The van der Waals surface area contributed by atoms with E-state index < -0.39 is 0 Å². The van der Waals surface area contributed by atoms with E-state index in [-0.39, 0.29) is 17.5 Å². The van der Waals surface area contributed by atoms with E-state index in [1.54, 1.807) is 0 Å². The predicted molar refractivity (Wildman–Crippen MR) is 73.7 cm³/mol. The van der Waals surface area contributed by atoms with E-state index in [9.17, 15) is 4.79 Å². The highest BCUT2D eigenvalue weighted by molar-refractivity contribution is 6.29.